The van der Waals surface area contributed by atoms with Gasteiger partial charge >= 0.3 is 0 Å². The Labute approximate surface area is 270 Å². The molecule has 46 heavy (non-hydrogen) atoms. The molecule has 2 heterocycles. The van der Waals surface area contributed by atoms with E-state index >= 15 is 0 Å². The van der Waals surface area contributed by atoms with E-state index < -0.39 is 0 Å². The van der Waals surface area contributed by atoms with Crippen LogP contribution < -0.4 is 5.73 Å². The highest BCUT2D eigenvalue weighted by molar-refractivity contribution is 7.21. The van der Waals surface area contributed by atoms with Crippen LogP contribution in [0.1, 0.15) is 0 Å². The first-order valence-corrected chi connectivity index (χ1v) is 15.8. The van der Waals surface area contributed by atoms with Gasteiger partial charge in [0.25, 0.3) is 0 Å². The van der Waals surface area contributed by atoms with Crippen LogP contribution in [0.4, 0.5) is 5.69 Å². The molecule has 0 bridgehead atoms. The maximum atomic E-state index is 6.42. The molecule has 0 fully saturated rings. The molecule has 8 aromatic rings. The maximum absolute atomic E-state index is 6.42. The molecule has 2 aromatic heterocycles. The Morgan fingerprint density at radius 3 is 1.70 bits per heavy atom. The molecule has 6 aromatic carbocycles. The monoisotopic (exact) mass is 609 g/mol. The number of nitrogens with zero attached hydrogens (tertiary/aromatic N) is 4. The molecule has 0 aliphatic carbocycles. The predicted octanol–water partition coefficient (Wildman–Crippen LogP) is 10.1. The smallest absolute Gasteiger partial charge is 0.164 e. The van der Waals surface area contributed by atoms with Crippen molar-refractivity contribution in [2.45, 2.75) is 0 Å². The molecule has 0 unspecified atom stereocenters. The summed E-state index contributed by atoms with van der Waals surface area (Å²) in [5.74, 6) is 1.80. The Kier molecular flexibility index (Phi) is 7.09. The second-order valence-corrected chi connectivity index (χ2v) is 12.0. The topological polar surface area (TPSA) is 77.6 Å². The molecule has 8 rings (SSSR count). The van der Waals surface area contributed by atoms with Gasteiger partial charge in [0.1, 0.15) is 5.01 Å². The van der Waals surface area contributed by atoms with Gasteiger partial charge in [-0.1, -0.05) is 121 Å². The van der Waals surface area contributed by atoms with Gasteiger partial charge in [-0.15, -0.1) is 11.3 Å². The molecule has 2 N–H and O–H groups in total. The molecule has 0 spiro atoms. The third-order valence-electron chi connectivity index (χ3n) is 7.94. The maximum Gasteiger partial charge on any atom is 0.164 e. The molecule has 0 atom stereocenters. The molecule has 0 saturated heterocycles. The van der Waals surface area contributed by atoms with Crippen LogP contribution in [-0.2, 0) is 0 Å². The minimum Gasteiger partial charge on any atom is -0.398 e. The molecule has 0 saturated carbocycles. The molecule has 0 radical (unpaired) electrons. The summed E-state index contributed by atoms with van der Waals surface area (Å²) in [6.07, 6.45) is 0. The standard InChI is InChI=1S/C40H27N5S/c41-34-21-7-6-19-32(34)31-18-4-5-20-33(31)39-44-37(26-12-2-1-3-13-26)43-38(45-39)29-16-10-14-27(24-29)28-15-11-17-30(25-28)40-42-35-22-8-9-23-36(35)46-40/h1-25H,41H2. The fraction of sp³-hybridized carbons (Fsp3) is 0. The minimum atomic E-state index is 0.589. The quantitative estimate of drug-likeness (QED) is 0.190. The molecule has 6 heteroatoms. The van der Waals surface area contributed by atoms with Crippen LogP contribution in [-0.4, -0.2) is 19.9 Å². The van der Waals surface area contributed by atoms with Crippen LogP contribution in [0.25, 0.3) is 77.2 Å². The molecule has 218 valence electrons. The van der Waals surface area contributed by atoms with Crippen molar-refractivity contribution in [3.8, 4) is 67.0 Å². The number of hydrogen-bond acceptors (Lipinski definition) is 6. The zero-order valence-corrected chi connectivity index (χ0v) is 25.5. The lowest BCUT2D eigenvalue weighted by Gasteiger charge is -2.13. The van der Waals surface area contributed by atoms with E-state index in [9.17, 15) is 0 Å². The molecular weight excluding hydrogens is 583 g/mol. The van der Waals surface area contributed by atoms with Crippen molar-refractivity contribution in [3.63, 3.8) is 0 Å². The molecule has 0 aliphatic heterocycles. The largest absolute Gasteiger partial charge is 0.398 e. The first-order chi connectivity index (χ1) is 22.7. The van der Waals surface area contributed by atoms with Crippen LogP contribution >= 0.6 is 11.3 Å². The number of para-hydroxylation sites is 2. The average molecular weight is 610 g/mol. The predicted molar refractivity (Wildman–Crippen MR) is 190 cm³/mol. The van der Waals surface area contributed by atoms with Gasteiger partial charge in [0.15, 0.2) is 17.5 Å². The highest BCUT2D eigenvalue weighted by atomic mass is 32.1. The third-order valence-corrected chi connectivity index (χ3v) is 9.03. The minimum absolute atomic E-state index is 0.589. The van der Waals surface area contributed by atoms with Crippen LogP contribution in [0.15, 0.2) is 152 Å². The van der Waals surface area contributed by atoms with Gasteiger partial charge < -0.3 is 5.73 Å². The summed E-state index contributed by atoms with van der Waals surface area (Å²) in [5, 5.41) is 1.01. The zero-order chi connectivity index (χ0) is 30.9. The van der Waals surface area contributed by atoms with Crippen molar-refractivity contribution in [2.24, 2.45) is 0 Å². The second kappa shape index (κ2) is 11.8. The number of benzene rings is 6. The number of nitrogens with two attached hydrogens (primary N) is 1. The van der Waals surface area contributed by atoms with E-state index in [1.54, 1.807) is 11.3 Å². The highest BCUT2D eigenvalue weighted by Crippen LogP contribution is 2.36. The Balaban J connectivity index is 1.24. The van der Waals surface area contributed by atoms with E-state index in [2.05, 4.69) is 72.8 Å². The highest BCUT2D eigenvalue weighted by Gasteiger charge is 2.17. The Morgan fingerprint density at radius 2 is 0.935 bits per heavy atom. The number of thiazole rings is 1. The Bertz CT molecular complexity index is 2310. The molecular formula is C40H27N5S. The van der Waals surface area contributed by atoms with E-state index in [-0.39, 0.29) is 0 Å². The number of nitrogen functional groups attached to an aromatic ring is 1. The van der Waals surface area contributed by atoms with E-state index in [1.807, 2.05) is 78.9 Å². The van der Waals surface area contributed by atoms with Crippen LogP contribution in [0.3, 0.4) is 0 Å². The van der Waals surface area contributed by atoms with Gasteiger partial charge in [0, 0.05) is 33.5 Å². The lowest BCUT2D eigenvalue weighted by atomic mass is 9.97. The summed E-state index contributed by atoms with van der Waals surface area (Å²) < 4.78 is 1.18. The summed E-state index contributed by atoms with van der Waals surface area (Å²) in [4.78, 5) is 19.9. The normalized spacial score (nSPS) is 11.1. The van der Waals surface area contributed by atoms with E-state index in [4.69, 9.17) is 25.7 Å². The summed E-state index contributed by atoms with van der Waals surface area (Å²) in [6, 6.07) is 51.2. The van der Waals surface area contributed by atoms with Gasteiger partial charge in [0.2, 0.25) is 0 Å². The van der Waals surface area contributed by atoms with Gasteiger partial charge in [0.05, 0.1) is 10.2 Å². The van der Waals surface area contributed by atoms with Gasteiger partial charge in [-0.05, 0) is 47.0 Å². The lowest BCUT2D eigenvalue weighted by Crippen LogP contribution is -2.01. The van der Waals surface area contributed by atoms with Crippen molar-refractivity contribution >= 4 is 27.2 Å². The number of aromatic nitrogens is 4. The van der Waals surface area contributed by atoms with Crippen molar-refractivity contribution in [3.05, 3.63) is 152 Å². The lowest BCUT2D eigenvalue weighted by molar-refractivity contribution is 1.07. The first-order valence-electron chi connectivity index (χ1n) is 15.0. The fourth-order valence-corrected chi connectivity index (χ4v) is 6.62. The molecule has 5 nitrogen and oxygen atoms in total. The zero-order valence-electron chi connectivity index (χ0n) is 24.7. The summed E-state index contributed by atoms with van der Waals surface area (Å²) in [5.41, 5.74) is 16.0. The van der Waals surface area contributed by atoms with E-state index in [0.29, 0.717) is 23.2 Å². The first kappa shape index (κ1) is 27.6. The SMILES string of the molecule is Nc1ccccc1-c1ccccc1-c1nc(-c2ccccc2)nc(-c2cccc(-c3cccc(-c4nc5ccccc5s4)c3)c2)n1. The Morgan fingerprint density at radius 1 is 0.391 bits per heavy atom. The van der Waals surface area contributed by atoms with Crippen LogP contribution in [0.2, 0.25) is 0 Å². The van der Waals surface area contributed by atoms with E-state index in [1.165, 1.54) is 4.70 Å². The summed E-state index contributed by atoms with van der Waals surface area (Å²) in [7, 11) is 0. The summed E-state index contributed by atoms with van der Waals surface area (Å²) >= 11 is 1.71. The average Bonchev–Trinajstić information content (AvgIpc) is 3.57. The van der Waals surface area contributed by atoms with E-state index in [0.717, 1.165) is 55.0 Å². The van der Waals surface area contributed by atoms with Crippen LogP contribution in [0.5, 0.6) is 0 Å². The van der Waals surface area contributed by atoms with Gasteiger partial charge in [-0.2, -0.15) is 0 Å². The number of fused-ring (bicyclic) bond motifs is 1. The third kappa shape index (κ3) is 5.31. The van der Waals surface area contributed by atoms with Gasteiger partial charge in [-0.3, -0.25) is 0 Å². The molecule has 0 aliphatic rings. The number of hydrogen-bond donors (Lipinski definition) is 1. The van der Waals surface area contributed by atoms with Gasteiger partial charge in [-0.25, -0.2) is 19.9 Å². The second-order valence-electron chi connectivity index (χ2n) is 11.0. The fourth-order valence-electron chi connectivity index (χ4n) is 5.66. The number of anilines is 1. The number of rotatable bonds is 6. The van der Waals surface area contributed by atoms with Crippen LogP contribution in [0, 0.1) is 0 Å². The van der Waals surface area contributed by atoms with Crippen molar-refractivity contribution in [2.75, 3.05) is 5.73 Å². The Hall–Kier alpha value is -5.98. The van der Waals surface area contributed by atoms with Crippen molar-refractivity contribution in [1.82, 2.24) is 19.9 Å². The summed E-state index contributed by atoms with van der Waals surface area (Å²) in [6.45, 7) is 0. The van der Waals surface area contributed by atoms with Crippen molar-refractivity contribution in [1.29, 1.82) is 0 Å². The molecule has 0 amide bonds. The van der Waals surface area contributed by atoms with Crippen molar-refractivity contribution < 1.29 is 0 Å².